The fourth-order valence-electron chi connectivity index (χ4n) is 2.91. The third kappa shape index (κ3) is 2.94. The molecule has 1 unspecified atom stereocenters. The second kappa shape index (κ2) is 5.31. The van der Waals surface area contributed by atoms with Crippen molar-refractivity contribution in [2.24, 2.45) is 5.92 Å². The number of ether oxygens (including phenoxy) is 1. The van der Waals surface area contributed by atoms with Gasteiger partial charge < -0.3 is 10.1 Å². The highest BCUT2D eigenvalue weighted by atomic mass is 16.5. The van der Waals surface area contributed by atoms with Gasteiger partial charge >= 0.3 is 0 Å². The quantitative estimate of drug-likeness (QED) is 0.772. The molecule has 2 fully saturated rings. The minimum atomic E-state index is 0.530. The fraction of sp³-hybridized carbons (Fsp3) is 1.00. The van der Waals surface area contributed by atoms with Gasteiger partial charge in [-0.05, 0) is 51.4 Å². The lowest BCUT2D eigenvalue weighted by Crippen LogP contribution is -2.45. The molecule has 2 rings (SSSR count). The molecule has 88 valence electrons. The van der Waals surface area contributed by atoms with Crippen LogP contribution in [0.4, 0.5) is 0 Å². The van der Waals surface area contributed by atoms with Crippen molar-refractivity contribution in [2.75, 3.05) is 7.11 Å². The average molecular weight is 211 g/mol. The van der Waals surface area contributed by atoms with Crippen LogP contribution >= 0.6 is 0 Å². The Hall–Kier alpha value is -0.0800. The molecule has 15 heavy (non-hydrogen) atoms. The van der Waals surface area contributed by atoms with Crippen molar-refractivity contribution in [1.29, 1.82) is 0 Å². The second-order valence-corrected chi connectivity index (χ2v) is 5.36. The van der Waals surface area contributed by atoms with Crippen LogP contribution in [0.1, 0.15) is 51.9 Å². The fourth-order valence-corrected chi connectivity index (χ4v) is 2.91. The topological polar surface area (TPSA) is 21.3 Å². The number of methoxy groups -OCH3 is 1. The summed E-state index contributed by atoms with van der Waals surface area (Å²) in [6.07, 6.45) is 9.96. The van der Waals surface area contributed by atoms with E-state index >= 15 is 0 Å². The van der Waals surface area contributed by atoms with Crippen LogP contribution in [0.15, 0.2) is 0 Å². The van der Waals surface area contributed by atoms with Gasteiger partial charge in [0.2, 0.25) is 0 Å². The number of rotatable bonds is 4. The number of hydrogen-bond donors (Lipinski definition) is 1. The van der Waals surface area contributed by atoms with Crippen LogP contribution in [0, 0.1) is 5.92 Å². The van der Waals surface area contributed by atoms with E-state index in [2.05, 4.69) is 12.2 Å². The summed E-state index contributed by atoms with van der Waals surface area (Å²) in [7, 11) is 1.84. The summed E-state index contributed by atoms with van der Waals surface area (Å²) in [6, 6.07) is 1.50. The van der Waals surface area contributed by atoms with Crippen molar-refractivity contribution in [2.45, 2.75) is 70.1 Å². The van der Waals surface area contributed by atoms with Gasteiger partial charge in [0.25, 0.3) is 0 Å². The first-order chi connectivity index (χ1) is 7.29. The van der Waals surface area contributed by atoms with Crippen LogP contribution < -0.4 is 5.32 Å². The maximum atomic E-state index is 5.40. The lowest BCUT2D eigenvalue weighted by atomic mass is 9.79. The van der Waals surface area contributed by atoms with E-state index < -0.39 is 0 Å². The van der Waals surface area contributed by atoms with E-state index in [4.69, 9.17) is 4.74 Å². The van der Waals surface area contributed by atoms with Crippen LogP contribution in [-0.4, -0.2) is 25.3 Å². The Morgan fingerprint density at radius 1 is 1.07 bits per heavy atom. The minimum absolute atomic E-state index is 0.530. The summed E-state index contributed by atoms with van der Waals surface area (Å²) in [5.74, 6) is 0.963. The van der Waals surface area contributed by atoms with Gasteiger partial charge in [-0.15, -0.1) is 0 Å². The zero-order valence-electron chi connectivity index (χ0n) is 10.2. The summed E-state index contributed by atoms with van der Waals surface area (Å²) in [5.41, 5.74) is 0. The van der Waals surface area contributed by atoms with Crippen LogP contribution in [-0.2, 0) is 4.74 Å². The molecule has 0 amide bonds. The molecule has 1 atom stereocenters. The van der Waals surface area contributed by atoms with Gasteiger partial charge in [0.1, 0.15) is 0 Å². The van der Waals surface area contributed by atoms with Crippen molar-refractivity contribution in [1.82, 2.24) is 5.32 Å². The molecule has 0 aromatic rings. The molecule has 0 aliphatic heterocycles. The highest BCUT2D eigenvalue weighted by molar-refractivity contribution is 4.85. The van der Waals surface area contributed by atoms with Gasteiger partial charge in [-0.2, -0.15) is 0 Å². The summed E-state index contributed by atoms with van der Waals surface area (Å²) in [6.45, 7) is 2.37. The lowest BCUT2D eigenvalue weighted by Gasteiger charge is -2.37. The van der Waals surface area contributed by atoms with E-state index in [0.29, 0.717) is 6.10 Å². The van der Waals surface area contributed by atoms with Gasteiger partial charge in [-0.25, -0.2) is 0 Å². The molecular formula is C13H25NO. The summed E-state index contributed by atoms with van der Waals surface area (Å²) < 4.78 is 5.40. The van der Waals surface area contributed by atoms with Crippen molar-refractivity contribution >= 4 is 0 Å². The maximum Gasteiger partial charge on any atom is 0.0572 e. The third-order valence-corrected chi connectivity index (χ3v) is 4.36. The first-order valence-electron chi connectivity index (χ1n) is 6.58. The molecule has 0 aromatic carbocycles. The van der Waals surface area contributed by atoms with Crippen LogP contribution in [0.2, 0.25) is 0 Å². The summed E-state index contributed by atoms with van der Waals surface area (Å²) in [5, 5.41) is 3.81. The average Bonchev–Trinajstić information content (AvgIpc) is 2.16. The second-order valence-electron chi connectivity index (χ2n) is 5.36. The van der Waals surface area contributed by atoms with Gasteiger partial charge in [-0.3, -0.25) is 0 Å². The molecule has 2 aliphatic carbocycles. The molecule has 0 saturated heterocycles. The molecule has 2 heteroatoms. The van der Waals surface area contributed by atoms with Crippen molar-refractivity contribution < 1.29 is 4.74 Å². The highest BCUT2D eigenvalue weighted by Gasteiger charge is 2.27. The molecule has 0 radical (unpaired) electrons. The Morgan fingerprint density at radius 3 is 2.20 bits per heavy atom. The Kier molecular flexibility index (Phi) is 4.04. The zero-order chi connectivity index (χ0) is 10.7. The monoisotopic (exact) mass is 211 g/mol. The van der Waals surface area contributed by atoms with Gasteiger partial charge in [0, 0.05) is 19.2 Å². The smallest absolute Gasteiger partial charge is 0.0572 e. The van der Waals surface area contributed by atoms with E-state index in [1.807, 2.05) is 7.11 Å². The minimum Gasteiger partial charge on any atom is -0.381 e. The summed E-state index contributed by atoms with van der Waals surface area (Å²) >= 11 is 0. The number of nitrogens with one attached hydrogen (secondary N) is 1. The molecule has 1 N–H and O–H groups in total. The lowest BCUT2D eigenvalue weighted by molar-refractivity contribution is 0.0590. The molecule has 2 nitrogen and oxygen atoms in total. The first-order valence-corrected chi connectivity index (χ1v) is 6.58. The van der Waals surface area contributed by atoms with Gasteiger partial charge in [-0.1, -0.05) is 6.42 Å². The molecule has 2 saturated carbocycles. The summed E-state index contributed by atoms with van der Waals surface area (Å²) in [4.78, 5) is 0. The molecule has 0 heterocycles. The Bertz CT molecular complexity index is 183. The van der Waals surface area contributed by atoms with Crippen LogP contribution in [0.5, 0.6) is 0 Å². The van der Waals surface area contributed by atoms with Crippen molar-refractivity contribution in [3.63, 3.8) is 0 Å². The number of hydrogen-bond acceptors (Lipinski definition) is 2. The molecule has 0 spiro atoms. The van der Waals surface area contributed by atoms with E-state index in [1.165, 1.54) is 44.9 Å². The predicted octanol–water partition coefficient (Wildman–Crippen LogP) is 2.72. The normalized spacial score (nSPS) is 34.8. The maximum absolute atomic E-state index is 5.40. The Balaban J connectivity index is 1.67. The first kappa shape index (κ1) is 11.4. The largest absolute Gasteiger partial charge is 0.381 e. The van der Waals surface area contributed by atoms with E-state index in [0.717, 1.165) is 18.0 Å². The van der Waals surface area contributed by atoms with Crippen molar-refractivity contribution in [3.05, 3.63) is 0 Å². The van der Waals surface area contributed by atoms with Crippen LogP contribution in [0.3, 0.4) is 0 Å². The molecular weight excluding hydrogens is 186 g/mol. The van der Waals surface area contributed by atoms with E-state index in [1.54, 1.807) is 0 Å². The predicted molar refractivity (Wildman–Crippen MR) is 63.0 cm³/mol. The van der Waals surface area contributed by atoms with Gasteiger partial charge in [0.15, 0.2) is 0 Å². The van der Waals surface area contributed by atoms with Crippen molar-refractivity contribution in [3.8, 4) is 0 Å². The zero-order valence-corrected chi connectivity index (χ0v) is 10.2. The Labute approximate surface area is 93.8 Å². The molecule has 0 aromatic heterocycles. The highest BCUT2D eigenvalue weighted by Crippen LogP contribution is 2.30. The van der Waals surface area contributed by atoms with Crippen LogP contribution in [0.25, 0.3) is 0 Å². The third-order valence-electron chi connectivity index (χ3n) is 4.36. The van der Waals surface area contributed by atoms with Gasteiger partial charge in [0.05, 0.1) is 6.10 Å². The van der Waals surface area contributed by atoms with E-state index in [-0.39, 0.29) is 0 Å². The molecule has 2 aliphatic rings. The SMILES string of the molecule is COC1CCC(NC(C)C2CCC2)CC1. The Morgan fingerprint density at radius 2 is 1.73 bits per heavy atom. The van der Waals surface area contributed by atoms with E-state index in [9.17, 15) is 0 Å². The molecule has 0 bridgehead atoms. The standard InChI is InChI=1S/C13H25NO/c1-10(11-4-3-5-11)14-12-6-8-13(15-2)9-7-12/h10-14H,3-9H2,1-2H3.